The smallest absolute Gasteiger partial charge is 0.251 e. The Hall–Kier alpha value is -2.88. The SMILES string of the molecule is Cc1cc(C)n(-c2ccc(C(=O)NC3(c4ccccc4)CCC3)cc2)n1. The molecule has 1 fully saturated rings. The summed E-state index contributed by atoms with van der Waals surface area (Å²) in [7, 11) is 0. The number of aryl methyl sites for hydroxylation is 2. The van der Waals surface area contributed by atoms with Crippen LogP contribution >= 0.6 is 0 Å². The number of hydrogen-bond acceptors (Lipinski definition) is 2. The molecule has 1 aliphatic rings. The van der Waals surface area contributed by atoms with Crippen LogP contribution in [0.4, 0.5) is 0 Å². The van der Waals surface area contributed by atoms with Crippen molar-refractivity contribution in [2.45, 2.75) is 38.6 Å². The lowest BCUT2D eigenvalue weighted by molar-refractivity contribution is 0.0823. The first-order valence-electron chi connectivity index (χ1n) is 9.09. The molecule has 3 aromatic rings. The van der Waals surface area contributed by atoms with Crippen LogP contribution in [0.2, 0.25) is 0 Å². The molecule has 0 bridgehead atoms. The monoisotopic (exact) mass is 345 g/mol. The molecule has 1 saturated carbocycles. The third kappa shape index (κ3) is 2.92. The van der Waals surface area contributed by atoms with Crippen LogP contribution in [0.15, 0.2) is 60.7 Å². The molecular formula is C22H23N3O. The van der Waals surface area contributed by atoms with E-state index < -0.39 is 0 Å². The fourth-order valence-corrected chi connectivity index (χ4v) is 3.71. The Bertz CT molecular complexity index is 922. The van der Waals surface area contributed by atoms with Crippen LogP contribution in [0.1, 0.15) is 46.6 Å². The van der Waals surface area contributed by atoms with E-state index in [0.717, 1.165) is 36.3 Å². The van der Waals surface area contributed by atoms with E-state index in [-0.39, 0.29) is 11.4 Å². The molecule has 4 heteroatoms. The van der Waals surface area contributed by atoms with Gasteiger partial charge in [0.2, 0.25) is 0 Å². The van der Waals surface area contributed by atoms with E-state index in [1.165, 1.54) is 5.56 Å². The highest BCUT2D eigenvalue weighted by atomic mass is 16.1. The highest BCUT2D eigenvalue weighted by molar-refractivity contribution is 5.95. The van der Waals surface area contributed by atoms with Gasteiger partial charge in [0.1, 0.15) is 0 Å². The van der Waals surface area contributed by atoms with E-state index in [2.05, 4.69) is 22.5 Å². The molecule has 0 atom stereocenters. The number of carbonyl (C=O) groups excluding carboxylic acids is 1. The Balaban J connectivity index is 1.54. The highest BCUT2D eigenvalue weighted by Crippen LogP contribution is 2.41. The third-order valence-electron chi connectivity index (χ3n) is 5.27. The quantitative estimate of drug-likeness (QED) is 0.766. The van der Waals surface area contributed by atoms with Crippen molar-refractivity contribution in [3.8, 4) is 5.69 Å². The lowest BCUT2D eigenvalue weighted by atomic mass is 9.71. The number of carbonyl (C=O) groups is 1. The number of nitrogens with one attached hydrogen (secondary N) is 1. The van der Waals surface area contributed by atoms with E-state index in [0.29, 0.717) is 5.56 Å². The van der Waals surface area contributed by atoms with Crippen molar-refractivity contribution in [1.82, 2.24) is 15.1 Å². The summed E-state index contributed by atoms with van der Waals surface area (Å²) in [5.41, 5.74) is 4.69. The van der Waals surface area contributed by atoms with Gasteiger partial charge in [-0.05, 0) is 69.0 Å². The molecule has 4 rings (SSSR count). The maximum atomic E-state index is 12.8. The Morgan fingerprint density at radius 1 is 1.04 bits per heavy atom. The molecule has 1 heterocycles. The molecular weight excluding hydrogens is 322 g/mol. The molecule has 2 aromatic carbocycles. The maximum absolute atomic E-state index is 12.8. The molecule has 0 spiro atoms. The zero-order chi connectivity index (χ0) is 18.1. The van der Waals surface area contributed by atoms with Crippen molar-refractivity contribution in [1.29, 1.82) is 0 Å². The summed E-state index contributed by atoms with van der Waals surface area (Å²) < 4.78 is 1.90. The topological polar surface area (TPSA) is 46.9 Å². The number of aromatic nitrogens is 2. The van der Waals surface area contributed by atoms with E-state index in [1.54, 1.807) is 0 Å². The molecule has 26 heavy (non-hydrogen) atoms. The number of rotatable bonds is 4. The van der Waals surface area contributed by atoms with Gasteiger partial charge in [-0.1, -0.05) is 30.3 Å². The normalized spacial score (nSPS) is 15.3. The number of amides is 1. The van der Waals surface area contributed by atoms with Crippen molar-refractivity contribution in [3.63, 3.8) is 0 Å². The number of nitrogens with zero attached hydrogens (tertiary/aromatic N) is 2. The molecule has 1 aliphatic carbocycles. The van der Waals surface area contributed by atoms with E-state index in [9.17, 15) is 4.79 Å². The van der Waals surface area contributed by atoms with Crippen LogP contribution in [0, 0.1) is 13.8 Å². The Labute approximate surface area is 153 Å². The summed E-state index contributed by atoms with van der Waals surface area (Å²) in [6.45, 7) is 4.01. The molecule has 0 aliphatic heterocycles. The largest absolute Gasteiger partial charge is 0.343 e. The molecule has 1 aromatic heterocycles. The Kier molecular flexibility index (Phi) is 4.11. The van der Waals surface area contributed by atoms with Crippen molar-refractivity contribution in [3.05, 3.63) is 83.2 Å². The zero-order valence-electron chi connectivity index (χ0n) is 15.2. The maximum Gasteiger partial charge on any atom is 0.251 e. The molecule has 0 radical (unpaired) electrons. The van der Waals surface area contributed by atoms with Gasteiger partial charge in [-0.2, -0.15) is 5.10 Å². The lowest BCUT2D eigenvalue weighted by Gasteiger charge is -2.43. The summed E-state index contributed by atoms with van der Waals surface area (Å²) >= 11 is 0. The van der Waals surface area contributed by atoms with Crippen molar-refractivity contribution >= 4 is 5.91 Å². The second kappa shape index (κ2) is 6.45. The average Bonchev–Trinajstić information content (AvgIpc) is 2.97. The van der Waals surface area contributed by atoms with Crippen molar-refractivity contribution in [2.75, 3.05) is 0 Å². The second-order valence-electron chi connectivity index (χ2n) is 7.14. The number of hydrogen-bond donors (Lipinski definition) is 1. The standard InChI is InChI=1S/C22H23N3O/c1-16-15-17(2)25(24-16)20-11-9-18(10-12-20)21(26)23-22(13-6-14-22)19-7-4-3-5-8-19/h3-5,7-12,15H,6,13-14H2,1-2H3,(H,23,26). The molecule has 1 amide bonds. The molecule has 4 nitrogen and oxygen atoms in total. The van der Waals surface area contributed by atoms with E-state index in [1.807, 2.05) is 67.1 Å². The fraction of sp³-hybridized carbons (Fsp3) is 0.273. The molecule has 1 N–H and O–H groups in total. The van der Waals surface area contributed by atoms with Gasteiger partial charge in [0.25, 0.3) is 5.91 Å². The van der Waals surface area contributed by atoms with Crippen molar-refractivity contribution < 1.29 is 4.79 Å². The Morgan fingerprint density at radius 2 is 1.73 bits per heavy atom. The van der Waals surface area contributed by atoms with Gasteiger partial charge in [0.15, 0.2) is 0 Å². The lowest BCUT2D eigenvalue weighted by Crippen LogP contribution is -2.50. The highest BCUT2D eigenvalue weighted by Gasteiger charge is 2.39. The summed E-state index contributed by atoms with van der Waals surface area (Å²) in [6, 6.07) is 20.0. The van der Waals surface area contributed by atoms with Crippen LogP contribution in [0.25, 0.3) is 5.69 Å². The molecule has 0 unspecified atom stereocenters. The summed E-state index contributed by atoms with van der Waals surface area (Å²) in [5, 5.41) is 7.77. The van der Waals surface area contributed by atoms with E-state index >= 15 is 0 Å². The molecule has 0 saturated heterocycles. The Morgan fingerprint density at radius 3 is 2.27 bits per heavy atom. The first kappa shape index (κ1) is 16.6. The minimum absolute atomic E-state index is 0.0199. The summed E-state index contributed by atoms with van der Waals surface area (Å²) in [6.07, 6.45) is 3.13. The van der Waals surface area contributed by atoms with Crippen LogP contribution in [0.3, 0.4) is 0 Å². The van der Waals surface area contributed by atoms with Crippen LogP contribution in [-0.4, -0.2) is 15.7 Å². The van der Waals surface area contributed by atoms with Gasteiger partial charge < -0.3 is 5.32 Å². The van der Waals surface area contributed by atoms with Crippen LogP contribution < -0.4 is 5.32 Å². The van der Waals surface area contributed by atoms with Crippen LogP contribution in [0.5, 0.6) is 0 Å². The summed E-state index contributed by atoms with van der Waals surface area (Å²) in [5.74, 6) is -0.0199. The minimum atomic E-state index is -0.216. The van der Waals surface area contributed by atoms with Gasteiger partial charge in [-0.3, -0.25) is 4.79 Å². The van der Waals surface area contributed by atoms with Gasteiger partial charge in [0, 0.05) is 11.3 Å². The summed E-state index contributed by atoms with van der Waals surface area (Å²) in [4.78, 5) is 12.8. The predicted octanol–water partition coefficient (Wildman–Crippen LogP) is 4.30. The predicted molar refractivity (Wildman–Crippen MR) is 102 cm³/mol. The van der Waals surface area contributed by atoms with Crippen LogP contribution in [-0.2, 0) is 5.54 Å². The third-order valence-corrected chi connectivity index (χ3v) is 5.27. The zero-order valence-corrected chi connectivity index (χ0v) is 15.2. The van der Waals surface area contributed by atoms with Gasteiger partial charge in [-0.15, -0.1) is 0 Å². The molecule has 132 valence electrons. The van der Waals surface area contributed by atoms with Gasteiger partial charge >= 0.3 is 0 Å². The first-order valence-corrected chi connectivity index (χ1v) is 9.09. The first-order chi connectivity index (χ1) is 12.6. The van der Waals surface area contributed by atoms with Gasteiger partial charge in [0.05, 0.1) is 16.9 Å². The van der Waals surface area contributed by atoms with Gasteiger partial charge in [-0.25, -0.2) is 4.68 Å². The van der Waals surface area contributed by atoms with Crippen molar-refractivity contribution in [2.24, 2.45) is 0 Å². The number of benzene rings is 2. The average molecular weight is 345 g/mol. The van der Waals surface area contributed by atoms with E-state index in [4.69, 9.17) is 0 Å². The minimum Gasteiger partial charge on any atom is -0.343 e. The second-order valence-corrected chi connectivity index (χ2v) is 7.14. The fourth-order valence-electron chi connectivity index (χ4n) is 3.71.